The van der Waals surface area contributed by atoms with Gasteiger partial charge in [-0.15, -0.1) is 21.5 Å². The van der Waals surface area contributed by atoms with Gasteiger partial charge >= 0.3 is 0 Å². The number of rotatable bonds is 8. The van der Waals surface area contributed by atoms with Crippen LogP contribution in [0.2, 0.25) is 0 Å². The predicted octanol–water partition coefficient (Wildman–Crippen LogP) is 4.18. The zero-order chi connectivity index (χ0) is 23.3. The van der Waals surface area contributed by atoms with Crippen molar-refractivity contribution in [1.29, 1.82) is 0 Å². The van der Waals surface area contributed by atoms with Crippen molar-refractivity contribution in [3.8, 4) is 10.7 Å². The van der Waals surface area contributed by atoms with Crippen LogP contribution in [-0.4, -0.2) is 75.1 Å². The molecule has 2 saturated heterocycles. The maximum atomic E-state index is 13.0. The van der Waals surface area contributed by atoms with Crippen LogP contribution in [0.1, 0.15) is 31.4 Å². The standard InChI is InChI=1S/C25H31N5O2S2/c1-19(20-7-3-2-4-8-20)28-11-13-29(14-12-28)23(31)18-34-25-27-26-24(22-10-6-16-33-22)30(25)17-21-9-5-15-32-21/h2-4,6-8,10,16,19,21H,5,9,11-15,17-18H2,1H3/t19-,21+/m0/s1. The molecule has 180 valence electrons. The van der Waals surface area contributed by atoms with Gasteiger partial charge in [-0.25, -0.2) is 0 Å². The molecule has 0 bridgehead atoms. The Morgan fingerprint density at radius 3 is 2.68 bits per heavy atom. The van der Waals surface area contributed by atoms with Crippen molar-refractivity contribution in [1.82, 2.24) is 24.6 Å². The molecular formula is C25H31N5O2S2. The number of amides is 1. The van der Waals surface area contributed by atoms with E-state index < -0.39 is 0 Å². The number of aromatic nitrogens is 3. The number of thioether (sulfide) groups is 1. The fourth-order valence-corrected chi connectivity index (χ4v) is 6.23. The van der Waals surface area contributed by atoms with Gasteiger partial charge < -0.3 is 9.64 Å². The number of piperazine rings is 1. The molecule has 2 fully saturated rings. The van der Waals surface area contributed by atoms with E-state index in [1.54, 1.807) is 11.3 Å². The smallest absolute Gasteiger partial charge is 0.233 e. The number of carbonyl (C=O) groups is 1. The summed E-state index contributed by atoms with van der Waals surface area (Å²) in [6.45, 7) is 7.10. The van der Waals surface area contributed by atoms with E-state index >= 15 is 0 Å². The second-order valence-electron chi connectivity index (χ2n) is 8.82. The Kier molecular flexibility index (Phi) is 7.63. The first-order chi connectivity index (χ1) is 16.7. The summed E-state index contributed by atoms with van der Waals surface area (Å²) in [4.78, 5) is 18.6. The number of thiophene rings is 1. The maximum Gasteiger partial charge on any atom is 0.233 e. The summed E-state index contributed by atoms with van der Waals surface area (Å²) in [6, 6.07) is 15.0. The van der Waals surface area contributed by atoms with Crippen LogP contribution in [0, 0.1) is 0 Å². The molecule has 0 unspecified atom stereocenters. The number of hydrogen-bond donors (Lipinski definition) is 0. The highest BCUT2D eigenvalue weighted by atomic mass is 32.2. The van der Waals surface area contributed by atoms with Gasteiger partial charge in [-0.3, -0.25) is 14.3 Å². The summed E-state index contributed by atoms with van der Waals surface area (Å²) in [5, 5.41) is 11.8. The fourth-order valence-electron chi connectivity index (χ4n) is 4.66. The van der Waals surface area contributed by atoms with Crippen LogP contribution in [0.3, 0.4) is 0 Å². The van der Waals surface area contributed by atoms with Gasteiger partial charge in [0.1, 0.15) is 0 Å². The van der Waals surface area contributed by atoms with Gasteiger partial charge in [0.15, 0.2) is 11.0 Å². The third kappa shape index (κ3) is 5.38. The van der Waals surface area contributed by atoms with Crippen LogP contribution >= 0.6 is 23.1 Å². The fraction of sp³-hybridized carbons (Fsp3) is 0.480. The molecule has 1 amide bonds. The summed E-state index contributed by atoms with van der Waals surface area (Å²) in [5.41, 5.74) is 1.32. The van der Waals surface area contributed by atoms with E-state index in [-0.39, 0.29) is 12.0 Å². The van der Waals surface area contributed by atoms with Crippen molar-refractivity contribution in [3.05, 3.63) is 53.4 Å². The van der Waals surface area contributed by atoms with E-state index in [0.717, 1.165) is 68.0 Å². The molecule has 0 saturated carbocycles. The van der Waals surface area contributed by atoms with Crippen LogP contribution in [0.5, 0.6) is 0 Å². The molecule has 3 aromatic rings. The third-order valence-corrected chi connectivity index (χ3v) is 8.51. The minimum Gasteiger partial charge on any atom is -0.376 e. The minimum atomic E-state index is 0.168. The van der Waals surface area contributed by atoms with Crippen molar-refractivity contribution in [2.75, 3.05) is 38.5 Å². The molecule has 0 radical (unpaired) electrons. The Hall–Kier alpha value is -2.20. The summed E-state index contributed by atoms with van der Waals surface area (Å²) >= 11 is 3.14. The Morgan fingerprint density at radius 1 is 1.15 bits per heavy atom. The molecule has 7 nitrogen and oxygen atoms in total. The van der Waals surface area contributed by atoms with Crippen LogP contribution in [0.4, 0.5) is 0 Å². The largest absolute Gasteiger partial charge is 0.376 e. The Labute approximate surface area is 209 Å². The summed E-state index contributed by atoms with van der Waals surface area (Å²) in [5.74, 6) is 1.41. The molecule has 5 rings (SSSR count). The number of hydrogen-bond acceptors (Lipinski definition) is 7. The normalized spacial score (nSPS) is 20.0. The van der Waals surface area contributed by atoms with Gasteiger partial charge in [0, 0.05) is 38.8 Å². The third-order valence-electron chi connectivity index (χ3n) is 6.69. The van der Waals surface area contributed by atoms with Gasteiger partial charge in [0.25, 0.3) is 0 Å². The van der Waals surface area contributed by atoms with E-state index in [9.17, 15) is 4.79 Å². The van der Waals surface area contributed by atoms with E-state index in [2.05, 4.69) is 68.4 Å². The van der Waals surface area contributed by atoms with E-state index in [4.69, 9.17) is 4.74 Å². The Bertz CT molecular complexity index is 1060. The number of carbonyl (C=O) groups excluding carboxylic acids is 1. The van der Waals surface area contributed by atoms with Crippen LogP contribution in [0.25, 0.3) is 10.7 Å². The van der Waals surface area contributed by atoms with Gasteiger partial charge in [-0.05, 0) is 36.8 Å². The second kappa shape index (κ2) is 11.0. The number of ether oxygens (including phenoxy) is 1. The van der Waals surface area contributed by atoms with Gasteiger partial charge in [-0.1, -0.05) is 48.2 Å². The first-order valence-corrected chi connectivity index (χ1v) is 13.8. The van der Waals surface area contributed by atoms with Crippen LogP contribution in [0.15, 0.2) is 53.0 Å². The molecule has 2 aromatic heterocycles. The van der Waals surface area contributed by atoms with Crippen molar-refractivity contribution >= 4 is 29.0 Å². The number of nitrogens with zero attached hydrogens (tertiary/aromatic N) is 5. The summed E-state index contributed by atoms with van der Waals surface area (Å²) < 4.78 is 8.01. The van der Waals surface area contributed by atoms with E-state index in [1.807, 2.05) is 11.0 Å². The lowest BCUT2D eigenvalue weighted by Gasteiger charge is -2.38. The monoisotopic (exact) mass is 497 g/mol. The highest BCUT2D eigenvalue weighted by Crippen LogP contribution is 2.29. The van der Waals surface area contributed by atoms with Crippen molar-refractivity contribution in [2.24, 2.45) is 0 Å². The molecule has 0 N–H and O–H groups in total. The molecule has 2 aliphatic rings. The van der Waals surface area contributed by atoms with Gasteiger partial charge in [0.05, 0.1) is 23.3 Å². The molecule has 0 spiro atoms. The quantitative estimate of drug-likeness (QED) is 0.435. The van der Waals surface area contributed by atoms with Crippen molar-refractivity contribution < 1.29 is 9.53 Å². The highest BCUT2D eigenvalue weighted by Gasteiger charge is 2.26. The van der Waals surface area contributed by atoms with Crippen LogP contribution < -0.4 is 0 Å². The van der Waals surface area contributed by atoms with Gasteiger partial charge in [-0.2, -0.15) is 0 Å². The second-order valence-corrected chi connectivity index (χ2v) is 10.7. The molecule has 34 heavy (non-hydrogen) atoms. The first kappa shape index (κ1) is 23.5. The lowest BCUT2D eigenvalue weighted by Crippen LogP contribution is -2.49. The number of benzene rings is 1. The lowest BCUT2D eigenvalue weighted by atomic mass is 10.1. The molecule has 0 aliphatic carbocycles. The Morgan fingerprint density at radius 2 is 1.97 bits per heavy atom. The average molecular weight is 498 g/mol. The summed E-state index contributed by atoms with van der Waals surface area (Å²) in [7, 11) is 0. The highest BCUT2D eigenvalue weighted by molar-refractivity contribution is 7.99. The zero-order valence-electron chi connectivity index (χ0n) is 19.5. The van der Waals surface area contributed by atoms with Gasteiger partial charge in [0.2, 0.25) is 5.91 Å². The van der Waals surface area contributed by atoms with Crippen molar-refractivity contribution in [2.45, 2.75) is 43.6 Å². The van der Waals surface area contributed by atoms with E-state index in [0.29, 0.717) is 11.8 Å². The topological polar surface area (TPSA) is 63.5 Å². The Balaban J connectivity index is 1.19. The molecular weight excluding hydrogens is 466 g/mol. The van der Waals surface area contributed by atoms with E-state index in [1.165, 1.54) is 17.3 Å². The van der Waals surface area contributed by atoms with Crippen LogP contribution in [-0.2, 0) is 16.1 Å². The molecule has 4 heterocycles. The average Bonchev–Trinajstić information content (AvgIpc) is 3.66. The predicted molar refractivity (Wildman–Crippen MR) is 136 cm³/mol. The first-order valence-electron chi connectivity index (χ1n) is 12.0. The minimum absolute atomic E-state index is 0.168. The molecule has 2 aliphatic heterocycles. The summed E-state index contributed by atoms with van der Waals surface area (Å²) in [6.07, 6.45) is 2.33. The molecule has 9 heteroatoms. The molecule has 1 aromatic carbocycles. The van der Waals surface area contributed by atoms with Crippen molar-refractivity contribution in [3.63, 3.8) is 0 Å². The lowest BCUT2D eigenvalue weighted by molar-refractivity contribution is -0.130. The zero-order valence-corrected chi connectivity index (χ0v) is 21.1. The SMILES string of the molecule is C[C@@H](c1ccccc1)N1CCN(C(=O)CSc2nnc(-c3cccs3)n2C[C@H]2CCCO2)CC1. The molecule has 2 atom stereocenters. The maximum absolute atomic E-state index is 13.0.